The second-order valence-electron chi connectivity index (χ2n) is 5.53. The van der Waals surface area contributed by atoms with Gasteiger partial charge in [-0.15, -0.1) is 0 Å². The number of amides is 1. The van der Waals surface area contributed by atoms with Crippen LogP contribution in [-0.2, 0) is 13.6 Å². The molecule has 0 bridgehead atoms. The van der Waals surface area contributed by atoms with Gasteiger partial charge in [0.2, 0.25) is 5.88 Å². The van der Waals surface area contributed by atoms with E-state index in [2.05, 4.69) is 10.4 Å². The number of aromatic nitrogens is 2. The molecule has 3 rings (SSSR count). The van der Waals surface area contributed by atoms with Crippen LogP contribution >= 0.6 is 0 Å². The Hall–Kier alpha value is -2.82. The molecule has 0 atom stereocenters. The van der Waals surface area contributed by atoms with E-state index >= 15 is 0 Å². The Morgan fingerprint density at radius 1 is 1.22 bits per heavy atom. The lowest BCUT2D eigenvalue weighted by molar-refractivity contribution is 0.0951. The molecule has 1 amide bonds. The number of aryl methyl sites for hydroxylation is 2. The third-order valence-electron chi connectivity index (χ3n) is 3.81. The molecule has 0 aliphatic rings. The molecule has 1 heterocycles. The van der Waals surface area contributed by atoms with Gasteiger partial charge in [0.1, 0.15) is 0 Å². The minimum Gasteiger partial charge on any atom is -0.481 e. The van der Waals surface area contributed by atoms with E-state index in [1.165, 1.54) is 5.56 Å². The van der Waals surface area contributed by atoms with Crippen molar-refractivity contribution in [3.05, 3.63) is 59.2 Å². The lowest BCUT2D eigenvalue weighted by atomic mass is 10.1. The van der Waals surface area contributed by atoms with Crippen LogP contribution in [0.2, 0.25) is 0 Å². The standard InChI is InChI=1S/C18H19N3O2/c1-12-4-6-13(7-5-12)11-19-17(22)14-8-9-15-16(10-14)20-21(2)18(15)23-3/h4-10H,11H2,1-3H3,(H,19,22). The Balaban J connectivity index is 1.77. The van der Waals surface area contributed by atoms with Gasteiger partial charge in [0.05, 0.1) is 18.0 Å². The molecule has 0 spiro atoms. The Labute approximate surface area is 134 Å². The normalized spacial score (nSPS) is 10.7. The van der Waals surface area contributed by atoms with E-state index in [-0.39, 0.29) is 5.91 Å². The van der Waals surface area contributed by atoms with Gasteiger partial charge in [-0.3, -0.25) is 4.79 Å². The number of nitrogens with zero attached hydrogens (tertiary/aromatic N) is 2. The lowest BCUT2D eigenvalue weighted by Crippen LogP contribution is -2.22. The van der Waals surface area contributed by atoms with Crippen molar-refractivity contribution in [1.29, 1.82) is 0 Å². The summed E-state index contributed by atoms with van der Waals surface area (Å²) in [4.78, 5) is 12.3. The van der Waals surface area contributed by atoms with Crippen LogP contribution in [0.4, 0.5) is 0 Å². The highest BCUT2D eigenvalue weighted by Crippen LogP contribution is 2.25. The monoisotopic (exact) mass is 309 g/mol. The molecule has 1 N–H and O–H groups in total. The summed E-state index contributed by atoms with van der Waals surface area (Å²) in [5.41, 5.74) is 3.61. The fourth-order valence-corrected chi connectivity index (χ4v) is 2.55. The summed E-state index contributed by atoms with van der Waals surface area (Å²) in [5, 5.41) is 8.19. The number of ether oxygens (including phenoxy) is 1. The first-order chi connectivity index (χ1) is 11.1. The van der Waals surface area contributed by atoms with E-state index in [0.717, 1.165) is 16.5 Å². The van der Waals surface area contributed by atoms with E-state index in [1.54, 1.807) is 23.9 Å². The third-order valence-corrected chi connectivity index (χ3v) is 3.81. The minimum absolute atomic E-state index is 0.114. The Kier molecular flexibility index (Phi) is 4.02. The number of carbonyl (C=O) groups excluding carboxylic acids is 1. The van der Waals surface area contributed by atoms with Crippen molar-refractivity contribution in [1.82, 2.24) is 15.1 Å². The quantitative estimate of drug-likeness (QED) is 0.806. The van der Waals surface area contributed by atoms with Crippen molar-refractivity contribution in [3.8, 4) is 5.88 Å². The molecule has 0 saturated carbocycles. The lowest BCUT2D eigenvalue weighted by Gasteiger charge is -2.06. The van der Waals surface area contributed by atoms with E-state index in [1.807, 2.05) is 44.3 Å². The summed E-state index contributed by atoms with van der Waals surface area (Å²) in [6, 6.07) is 13.5. The topological polar surface area (TPSA) is 56.1 Å². The number of methoxy groups -OCH3 is 1. The van der Waals surface area contributed by atoms with Crippen LogP contribution in [0.25, 0.3) is 10.9 Å². The van der Waals surface area contributed by atoms with Gasteiger partial charge in [-0.25, -0.2) is 4.68 Å². The maximum atomic E-state index is 12.3. The molecule has 5 heteroatoms. The van der Waals surface area contributed by atoms with E-state index in [0.29, 0.717) is 18.0 Å². The van der Waals surface area contributed by atoms with Gasteiger partial charge in [-0.2, -0.15) is 5.10 Å². The van der Waals surface area contributed by atoms with Crippen LogP contribution in [0.5, 0.6) is 5.88 Å². The predicted octanol–water partition coefficient (Wildman–Crippen LogP) is 2.82. The maximum absolute atomic E-state index is 12.3. The van der Waals surface area contributed by atoms with Crippen molar-refractivity contribution in [3.63, 3.8) is 0 Å². The van der Waals surface area contributed by atoms with Crippen molar-refractivity contribution in [2.45, 2.75) is 13.5 Å². The van der Waals surface area contributed by atoms with Gasteiger partial charge in [-0.05, 0) is 30.7 Å². The number of rotatable bonds is 4. The van der Waals surface area contributed by atoms with Crippen LogP contribution in [0.3, 0.4) is 0 Å². The zero-order chi connectivity index (χ0) is 16.4. The first-order valence-corrected chi connectivity index (χ1v) is 7.43. The molecule has 3 aromatic rings. The van der Waals surface area contributed by atoms with E-state index in [9.17, 15) is 4.79 Å². The molecule has 0 unspecified atom stereocenters. The molecule has 0 saturated heterocycles. The van der Waals surface area contributed by atoms with Gasteiger partial charge in [0, 0.05) is 19.2 Å². The number of nitrogens with one attached hydrogen (secondary N) is 1. The third kappa shape index (κ3) is 3.04. The van der Waals surface area contributed by atoms with Crippen molar-refractivity contribution in [2.75, 3.05) is 7.11 Å². The fraction of sp³-hybridized carbons (Fsp3) is 0.222. The highest BCUT2D eigenvalue weighted by atomic mass is 16.5. The molecule has 0 aliphatic heterocycles. The van der Waals surface area contributed by atoms with Gasteiger partial charge < -0.3 is 10.1 Å². The van der Waals surface area contributed by atoms with Crippen molar-refractivity contribution >= 4 is 16.8 Å². The zero-order valence-corrected chi connectivity index (χ0v) is 13.5. The average Bonchev–Trinajstić information content (AvgIpc) is 2.88. The number of hydrogen-bond acceptors (Lipinski definition) is 3. The molecule has 23 heavy (non-hydrogen) atoms. The Morgan fingerprint density at radius 3 is 2.65 bits per heavy atom. The van der Waals surface area contributed by atoms with Crippen LogP contribution < -0.4 is 10.1 Å². The number of fused-ring (bicyclic) bond motifs is 1. The summed E-state index contributed by atoms with van der Waals surface area (Å²) in [7, 11) is 3.43. The molecular weight excluding hydrogens is 290 g/mol. The van der Waals surface area contributed by atoms with Crippen LogP contribution in [-0.4, -0.2) is 22.8 Å². The molecule has 2 aromatic carbocycles. The van der Waals surface area contributed by atoms with Crippen LogP contribution in [0.15, 0.2) is 42.5 Å². The Bertz CT molecular complexity index is 851. The van der Waals surface area contributed by atoms with Gasteiger partial charge in [-0.1, -0.05) is 29.8 Å². The van der Waals surface area contributed by atoms with E-state index < -0.39 is 0 Å². The minimum atomic E-state index is -0.114. The fourth-order valence-electron chi connectivity index (χ4n) is 2.55. The molecule has 5 nitrogen and oxygen atoms in total. The van der Waals surface area contributed by atoms with Crippen molar-refractivity contribution in [2.24, 2.45) is 7.05 Å². The summed E-state index contributed by atoms with van der Waals surface area (Å²) < 4.78 is 6.98. The predicted molar refractivity (Wildman–Crippen MR) is 89.6 cm³/mol. The SMILES string of the molecule is COc1c2ccc(C(=O)NCc3ccc(C)cc3)cc2nn1C. The highest BCUT2D eigenvalue weighted by Gasteiger charge is 2.12. The second-order valence-corrected chi connectivity index (χ2v) is 5.53. The number of carbonyl (C=O) groups is 1. The van der Waals surface area contributed by atoms with Crippen molar-refractivity contribution < 1.29 is 9.53 Å². The zero-order valence-electron chi connectivity index (χ0n) is 13.5. The summed E-state index contributed by atoms with van der Waals surface area (Å²) in [6.07, 6.45) is 0. The Morgan fingerprint density at radius 2 is 1.96 bits per heavy atom. The molecule has 0 radical (unpaired) electrons. The molecular formula is C18H19N3O2. The van der Waals surface area contributed by atoms with Gasteiger partial charge in [0.25, 0.3) is 5.91 Å². The summed E-state index contributed by atoms with van der Waals surface area (Å²) in [6.45, 7) is 2.54. The molecule has 118 valence electrons. The molecule has 0 aliphatic carbocycles. The first kappa shape index (κ1) is 15.1. The van der Waals surface area contributed by atoms with E-state index in [4.69, 9.17) is 4.74 Å². The largest absolute Gasteiger partial charge is 0.481 e. The summed E-state index contributed by atoms with van der Waals surface area (Å²) in [5.74, 6) is 0.573. The average molecular weight is 309 g/mol. The molecule has 0 fully saturated rings. The van der Waals surface area contributed by atoms with Gasteiger partial charge in [0.15, 0.2) is 0 Å². The smallest absolute Gasteiger partial charge is 0.251 e. The maximum Gasteiger partial charge on any atom is 0.251 e. The number of benzene rings is 2. The van der Waals surface area contributed by atoms with Gasteiger partial charge >= 0.3 is 0 Å². The van der Waals surface area contributed by atoms with Crippen LogP contribution in [0, 0.1) is 6.92 Å². The second kappa shape index (κ2) is 6.12. The first-order valence-electron chi connectivity index (χ1n) is 7.43. The number of hydrogen-bond donors (Lipinski definition) is 1. The van der Waals surface area contributed by atoms with Crippen LogP contribution in [0.1, 0.15) is 21.5 Å². The molecule has 1 aromatic heterocycles. The summed E-state index contributed by atoms with van der Waals surface area (Å²) >= 11 is 0. The highest BCUT2D eigenvalue weighted by molar-refractivity contribution is 5.98.